The Hall–Kier alpha value is -0.730. The molecule has 0 saturated heterocycles. The first-order chi connectivity index (χ1) is 14.4. The van der Waals surface area contributed by atoms with Gasteiger partial charge in [0, 0.05) is 6.42 Å². The highest BCUT2D eigenvalue weighted by molar-refractivity contribution is 5.66. The maximum absolute atomic E-state index is 10.3. The van der Waals surface area contributed by atoms with Crippen molar-refractivity contribution in [2.75, 3.05) is 13.2 Å². The SMILES string of the molecule is CCCCCCCCCCCCCCCCCC(=O)O.OCC(O)C(O)C(O)CO. The molecular formula is C23H48O7. The maximum Gasteiger partial charge on any atom is 0.303 e. The molecule has 0 aromatic carbocycles. The fraction of sp³-hybridized carbons (Fsp3) is 0.957. The third-order valence-electron chi connectivity index (χ3n) is 5.16. The molecule has 0 heterocycles. The van der Waals surface area contributed by atoms with Crippen LogP contribution < -0.4 is 0 Å². The summed E-state index contributed by atoms with van der Waals surface area (Å²) in [5, 5.41) is 51.1. The normalized spacial score (nSPS) is 13.9. The number of rotatable bonds is 20. The van der Waals surface area contributed by atoms with E-state index in [0.29, 0.717) is 6.42 Å². The van der Waals surface area contributed by atoms with E-state index in [4.69, 9.17) is 30.6 Å². The van der Waals surface area contributed by atoms with Crippen molar-refractivity contribution in [1.82, 2.24) is 0 Å². The van der Waals surface area contributed by atoms with Gasteiger partial charge in [0.05, 0.1) is 13.2 Å². The second-order valence-corrected chi connectivity index (χ2v) is 8.08. The van der Waals surface area contributed by atoms with Crippen LogP contribution in [0.25, 0.3) is 0 Å². The Morgan fingerprint density at radius 3 is 1.17 bits per heavy atom. The summed E-state index contributed by atoms with van der Waals surface area (Å²) in [6, 6.07) is 0. The summed E-state index contributed by atoms with van der Waals surface area (Å²) >= 11 is 0. The van der Waals surface area contributed by atoms with Crippen LogP contribution in [0.15, 0.2) is 0 Å². The number of hydrogen-bond donors (Lipinski definition) is 6. The average Bonchev–Trinajstić information content (AvgIpc) is 2.74. The third kappa shape index (κ3) is 23.5. The summed E-state index contributed by atoms with van der Waals surface area (Å²) in [4.78, 5) is 10.3. The standard InChI is InChI=1S/C18H36O2.C5H12O5/c1-2-3-4-5-6-7-8-9-10-11-12-13-14-15-16-17-18(19)20;6-1-3(8)5(10)4(9)2-7/h2-17H2,1H3,(H,19,20);3-10H,1-2H2. The van der Waals surface area contributed by atoms with Gasteiger partial charge in [0.2, 0.25) is 0 Å². The van der Waals surface area contributed by atoms with Crippen molar-refractivity contribution in [1.29, 1.82) is 0 Å². The minimum atomic E-state index is -1.49. The highest BCUT2D eigenvalue weighted by Crippen LogP contribution is 2.13. The first-order valence-corrected chi connectivity index (χ1v) is 11.9. The van der Waals surface area contributed by atoms with Crippen LogP contribution in [0.2, 0.25) is 0 Å². The van der Waals surface area contributed by atoms with Crippen LogP contribution in [0.4, 0.5) is 0 Å². The van der Waals surface area contributed by atoms with E-state index in [1.165, 1.54) is 83.5 Å². The lowest BCUT2D eigenvalue weighted by Gasteiger charge is -2.19. The summed E-state index contributed by atoms with van der Waals surface area (Å²) in [7, 11) is 0. The molecule has 30 heavy (non-hydrogen) atoms. The molecule has 7 heteroatoms. The zero-order valence-electron chi connectivity index (χ0n) is 19.1. The van der Waals surface area contributed by atoms with Crippen molar-refractivity contribution in [2.45, 2.75) is 128 Å². The van der Waals surface area contributed by atoms with Gasteiger partial charge in [-0.1, -0.05) is 96.8 Å². The number of aliphatic hydroxyl groups excluding tert-OH is 5. The number of carboxylic acid groups (broad SMARTS) is 1. The van der Waals surface area contributed by atoms with E-state index in [1.807, 2.05) is 0 Å². The van der Waals surface area contributed by atoms with Crippen molar-refractivity contribution < 1.29 is 35.4 Å². The monoisotopic (exact) mass is 436 g/mol. The maximum atomic E-state index is 10.3. The number of carbonyl (C=O) groups is 1. The third-order valence-corrected chi connectivity index (χ3v) is 5.16. The summed E-state index contributed by atoms with van der Waals surface area (Å²) < 4.78 is 0. The molecule has 7 nitrogen and oxygen atoms in total. The van der Waals surface area contributed by atoms with Crippen LogP contribution in [-0.4, -0.2) is 68.1 Å². The van der Waals surface area contributed by atoms with Gasteiger partial charge in [-0.2, -0.15) is 0 Å². The second-order valence-electron chi connectivity index (χ2n) is 8.08. The van der Waals surface area contributed by atoms with Crippen LogP contribution in [0.3, 0.4) is 0 Å². The average molecular weight is 437 g/mol. The lowest BCUT2D eigenvalue weighted by Crippen LogP contribution is -2.41. The van der Waals surface area contributed by atoms with Gasteiger partial charge in [-0.3, -0.25) is 4.79 Å². The Morgan fingerprint density at radius 1 is 0.600 bits per heavy atom. The molecule has 2 unspecified atom stereocenters. The van der Waals surface area contributed by atoms with Gasteiger partial charge in [-0.05, 0) is 6.42 Å². The molecule has 0 fully saturated rings. The first kappa shape index (κ1) is 31.5. The zero-order valence-corrected chi connectivity index (χ0v) is 19.1. The van der Waals surface area contributed by atoms with E-state index >= 15 is 0 Å². The van der Waals surface area contributed by atoms with Crippen LogP contribution in [-0.2, 0) is 4.79 Å². The molecule has 0 rings (SSSR count). The van der Waals surface area contributed by atoms with Crippen molar-refractivity contribution in [3.63, 3.8) is 0 Å². The van der Waals surface area contributed by atoms with Crippen molar-refractivity contribution in [3.05, 3.63) is 0 Å². The molecule has 0 aromatic heterocycles. The molecule has 0 spiro atoms. The highest BCUT2D eigenvalue weighted by atomic mass is 16.4. The van der Waals surface area contributed by atoms with Gasteiger partial charge in [-0.25, -0.2) is 0 Å². The summed E-state index contributed by atoms with van der Waals surface area (Å²) in [5.74, 6) is -0.653. The van der Waals surface area contributed by atoms with E-state index in [0.717, 1.165) is 12.8 Å². The molecule has 0 aromatic rings. The number of hydrogen-bond acceptors (Lipinski definition) is 6. The van der Waals surface area contributed by atoms with E-state index in [2.05, 4.69) is 6.92 Å². The molecule has 0 radical (unpaired) electrons. The lowest BCUT2D eigenvalue weighted by atomic mass is 10.0. The number of aliphatic carboxylic acids is 1. The van der Waals surface area contributed by atoms with E-state index in [1.54, 1.807) is 0 Å². The topological polar surface area (TPSA) is 138 Å². The molecule has 2 atom stereocenters. The molecular weight excluding hydrogens is 388 g/mol. The molecule has 0 aliphatic rings. The summed E-state index contributed by atoms with van der Waals surface area (Å²) in [6.07, 6.45) is 15.9. The van der Waals surface area contributed by atoms with Gasteiger partial charge in [0.25, 0.3) is 0 Å². The smallest absolute Gasteiger partial charge is 0.303 e. The minimum absolute atomic E-state index is 0.345. The summed E-state index contributed by atoms with van der Waals surface area (Å²) in [6.45, 7) is 0.989. The van der Waals surface area contributed by atoms with Crippen LogP contribution >= 0.6 is 0 Å². The van der Waals surface area contributed by atoms with Gasteiger partial charge in [-0.15, -0.1) is 0 Å². The Morgan fingerprint density at radius 2 is 0.900 bits per heavy atom. The lowest BCUT2D eigenvalue weighted by molar-refractivity contribution is -0.137. The first-order valence-electron chi connectivity index (χ1n) is 11.9. The van der Waals surface area contributed by atoms with E-state index < -0.39 is 37.5 Å². The van der Waals surface area contributed by atoms with Crippen molar-refractivity contribution >= 4 is 5.97 Å². The van der Waals surface area contributed by atoms with E-state index in [9.17, 15) is 4.79 Å². The van der Waals surface area contributed by atoms with Crippen LogP contribution in [0.1, 0.15) is 110 Å². The number of unbranched alkanes of at least 4 members (excludes halogenated alkanes) is 14. The van der Waals surface area contributed by atoms with Gasteiger partial charge in [0.15, 0.2) is 0 Å². The molecule has 0 bridgehead atoms. The Bertz CT molecular complexity index is 342. The van der Waals surface area contributed by atoms with Crippen LogP contribution in [0.5, 0.6) is 0 Å². The Labute approximate surface area is 183 Å². The summed E-state index contributed by atoms with van der Waals surface area (Å²) in [5.41, 5.74) is 0. The number of aliphatic hydroxyl groups is 5. The predicted octanol–water partition coefficient (Wildman–Crippen LogP) is 3.39. The molecule has 182 valence electrons. The Kier molecular flexibility index (Phi) is 25.7. The predicted molar refractivity (Wildman–Crippen MR) is 119 cm³/mol. The minimum Gasteiger partial charge on any atom is -0.481 e. The molecule has 0 saturated carbocycles. The Balaban J connectivity index is 0. The van der Waals surface area contributed by atoms with Crippen LogP contribution in [0, 0.1) is 0 Å². The highest BCUT2D eigenvalue weighted by Gasteiger charge is 2.22. The quantitative estimate of drug-likeness (QED) is 0.161. The van der Waals surface area contributed by atoms with Crippen molar-refractivity contribution in [2.24, 2.45) is 0 Å². The van der Waals surface area contributed by atoms with Gasteiger partial charge >= 0.3 is 5.97 Å². The van der Waals surface area contributed by atoms with Crippen molar-refractivity contribution in [3.8, 4) is 0 Å². The molecule has 0 amide bonds. The second kappa shape index (κ2) is 24.5. The zero-order chi connectivity index (χ0) is 23.0. The van der Waals surface area contributed by atoms with E-state index in [-0.39, 0.29) is 0 Å². The number of carboxylic acids is 1. The fourth-order valence-corrected chi connectivity index (χ4v) is 3.12. The molecule has 0 aliphatic carbocycles. The molecule has 6 N–H and O–H groups in total. The van der Waals surface area contributed by atoms with Gasteiger partial charge < -0.3 is 30.6 Å². The molecule has 0 aliphatic heterocycles. The fourth-order valence-electron chi connectivity index (χ4n) is 3.12. The largest absolute Gasteiger partial charge is 0.481 e. The van der Waals surface area contributed by atoms with Gasteiger partial charge in [0.1, 0.15) is 18.3 Å².